The number of H-pyrrole nitrogens is 1. The third kappa shape index (κ3) is 2.40. The molecule has 0 aliphatic carbocycles. The highest BCUT2D eigenvalue weighted by Gasteiger charge is 2.26. The minimum atomic E-state index is -3.32. The van der Waals surface area contributed by atoms with Gasteiger partial charge >= 0.3 is 0 Å². The predicted molar refractivity (Wildman–Crippen MR) is 66.4 cm³/mol. The lowest BCUT2D eigenvalue weighted by atomic mass is 10.5. The van der Waals surface area contributed by atoms with E-state index in [2.05, 4.69) is 4.98 Å². The SMILES string of the molecule is O=S(=O)(c1c[nH]c(CCl)c1)N1CCSCC1. The van der Waals surface area contributed by atoms with Gasteiger partial charge in [0, 0.05) is 36.5 Å². The van der Waals surface area contributed by atoms with Crippen molar-refractivity contribution < 1.29 is 8.42 Å². The smallest absolute Gasteiger partial charge is 0.244 e. The van der Waals surface area contributed by atoms with E-state index in [1.165, 1.54) is 10.5 Å². The molecule has 0 unspecified atom stereocenters. The summed E-state index contributed by atoms with van der Waals surface area (Å²) in [5, 5.41) is 0. The largest absolute Gasteiger partial charge is 0.363 e. The first-order chi connectivity index (χ1) is 7.64. The van der Waals surface area contributed by atoms with Crippen LogP contribution in [0.25, 0.3) is 0 Å². The van der Waals surface area contributed by atoms with Gasteiger partial charge in [-0.05, 0) is 6.07 Å². The molecule has 2 heterocycles. The molecule has 1 aromatic heterocycles. The molecule has 1 N–H and O–H groups in total. The van der Waals surface area contributed by atoms with Gasteiger partial charge in [-0.2, -0.15) is 16.1 Å². The van der Waals surface area contributed by atoms with E-state index < -0.39 is 10.0 Å². The topological polar surface area (TPSA) is 53.2 Å². The quantitative estimate of drug-likeness (QED) is 0.854. The molecule has 7 heteroatoms. The Morgan fingerprint density at radius 3 is 2.69 bits per heavy atom. The van der Waals surface area contributed by atoms with Gasteiger partial charge < -0.3 is 4.98 Å². The number of hydrogen-bond acceptors (Lipinski definition) is 3. The number of nitrogens with zero attached hydrogens (tertiary/aromatic N) is 1. The maximum atomic E-state index is 12.2. The molecule has 1 fully saturated rings. The van der Waals surface area contributed by atoms with Crippen LogP contribution in [0, 0.1) is 0 Å². The molecular weight excluding hydrogens is 268 g/mol. The summed E-state index contributed by atoms with van der Waals surface area (Å²) in [6, 6.07) is 1.60. The molecular formula is C9H13ClN2O2S2. The van der Waals surface area contributed by atoms with Gasteiger partial charge in [0.1, 0.15) is 0 Å². The van der Waals surface area contributed by atoms with Crippen LogP contribution in [0.1, 0.15) is 5.69 Å². The van der Waals surface area contributed by atoms with E-state index in [0.717, 1.165) is 17.2 Å². The van der Waals surface area contributed by atoms with Crippen LogP contribution in [-0.2, 0) is 15.9 Å². The van der Waals surface area contributed by atoms with Crippen molar-refractivity contribution >= 4 is 33.4 Å². The number of nitrogens with one attached hydrogen (secondary N) is 1. The Kier molecular flexibility index (Phi) is 3.84. The predicted octanol–water partition coefficient (Wildman–Crippen LogP) is 1.49. The van der Waals surface area contributed by atoms with Crippen LogP contribution in [0.15, 0.2) is 17.2 Å². The van der Waals surface area contributed by atoms with Crippen molar-refractivity contribution in [3.8, 4) is 0 Å². The Morgan fingerprint density at radius 1 is 1.44 bits per heavy atom. The molecule has 16 heavy (non-hydrogen) atoms. The van der Waals surface area contributed by atoms with Crippen LogP contribution in [-0.4, -0.2) is 42.3 Å². The first-order valence-electron chi connectivity index (χ1n) is 4.96. The average molecular weight is 281 g/mol. The van der Waals surface area contributed by atoms with Gasteiger partial charge in [0.2, 0.25) is 10.0 Å². The van der Waals surface area contributed by atoms with Crippen molar-refractivity contribution in [2.45, 2.75) is 10.8 Å². The molecule has 4 nitrogen and oxygen atoms in total. The summed E-state index contributed by atoms with van der Waals surface area (Å²) in [6.07, 6.45) is 1.51. The molecule has 1 aromatic rings. The lowest BCUT2D eigenvalue weighted by Crippen LogP contribution is -2.37. The highest BCUT2D eigenvalue weighted by Crippen LogP contribution is 2.21. The van der Waals surface area contributed by atoms with Gasteiger partial charge in [-0.25, -0.2) is 8.42 Å². The van der Waals surface area contributed by atoms with E-state index in [9.17, 15) is 8.42 Å². The maximum absolute atomic E-state index is 12.2. The van der Waals surface area contributed by atoms with E-state index in [1.54, 1.807) is 17.8 Å². The number of aromatic amines is 1. The van der Waals surface area contributed by atoms with E-state index in [1.807, 2.05) is 0 Å². The normalized spacial score (nSPS) is 18.8. The molecule has 1 aliphatic heterocycles. The lowest BCUT2D eigenvalue weighted by Gasteiger charge is -2.24. The van der Waals surface area contributed by atoms with Crippen molar-refractivity contribution in [2.75, 3.05) is 24.6 Å². The molecule has 90 valence electrons. The van der Waals surface area contributed by atoms with Crippen LogP contribution >= 0.6 is 23.4 Å². The zero-order valence-corrected chi connectivity index (χ0v) is 11.0. The van der Waals surface area contributed by atoms with Gasteiger partial charge in [-0.3, -0.25) is 0 Å². The fourth-order valence-electron chi connectivity index (χ4n) is 1.58. The summed E-state index contributed by atoms with van der Waals surface area (Å²) in [5.74, 6) is 2.03. The van der Waals surface area contributed by atoms with Gasteiger partial charge in [-0.1, -0.05) is 0 Å². The Labute approximate surface area is 104 Å². The number of rotatable bonds is 3. The zero-order valence-electron chi connectivity index (χ0n) is 8.65. The number of aromatic nitrogens is 1. The van der Waals surface area contributed by atoms with Crippen LogP contribution < -0.4 is 0 Å². The fourth-order valence-corrected chi connectivity index (χ4v) is 4.33. The molecule has 2 rings (SSSR count). The van der Waals surface area contributed by atoms with Crippen LogP contribution in [0.2, 0.25) is 0 Å². The summed E-state index contributed by atoms with van der Waals surface area (Å²) in [4.78, 5) is 3.17. The van der Waals surface area contributed by atoms with Crippen molar-refractivity contribution in [2.24, 2.45) is 0 Å². The Morgan fingerprint density at radius 2 is 2.12 bits per heavy atom. The molecule has 0 bridgehead atoms. The van der Waals surface area contributed by atoms with Gasteiger partial charge in [-0.15, -0.1) is 11.6 Å². The third-order valence-electron chi connectivity index (χ3n) is 2.47. The van der Waals surface area contributed by atoms with E-state index >= 15 is 0 Å². The lowest BCUT2D eigenvalue weighted by molar-refractivity contribution is 0.443. The number of alkyl halides is 1. The van der Waals surface area contributed by atoms with Crippen LogP contribution in [0.3, 0.4) is 0 Å². The molecule has 0 radical (unpaired) electrons. The first kappa shape index (κ1) is 12.3. The van der Waals surface area contributed by atoms with E-state index in [4.69, 9.17) is 11.6 Å². The van der Waals surface area contributed by atoms with Gasteiger partial charge in [0.05, 0.1) is 10.8 Å². The average Bonchev–Trinajstić information content (AvgIpc) is 2.79. The van der Waals surface area contributed by atoms with Crippen molar-refractivity contribution in [1.29, 1.82) is 0 Å². The molecule has 0 atom stereocenters. The van der Waals surface area contributed by atoms with Crippen LogP contribution in [0.5, 0.6) is 0 Å². The fraction of sp³-hybridized carbons (Fsp3) is 0.556. The second kappa shape index (κ2) is 5.00. The van der Waals surface area contributed by atoms with Gasteiger partial charge in [0.15, 0.2) is 0 Å². The van der Waals surface area contributed by atoms with E-state index in [0.29, 0.717) is 23.9 Å². The summed E-state index contributed by atoms with van der Waals surface area (Å²) in [5.41, 5.74) is 0.728. The second-order valence-corrected chi connectivity index (χ2v) is 6.94. The Bertz CT molecular complexity index is 452. The zero-order chi connectivity index (χ0) is 11.6. The number of halogens is 1. The maximum Gasteiger partial charge on any atom is 0.244 e. The summed E-state index contributed by atoms with van der Waals surface area (Å²) in [6.45, 7) is 1.18. The molecule has 0 aromatic carbocycles. The number of sulfonamides is 1. The summed E-state index contributed by atoms with van der Waals surface area (Å²) >= 11 is 7.42. The monoisotopic (exact) mass is 280 g/mol. The van der Waals surface area contributed by atoms with Crippen LogP contribution in [0.4, 0.5) is 0 Å². The summed E-state index contributed by atoms with van der Waals surface area (Å²) < 4.78 is 25.9. The van der Waals surface area contributed by atoms with Crippen molar-refractivity contribution in [3.05, 3.63) is 18.0 Å². The standard InChI is InChI=1S/C9H13ClN2O2S2/c10-6-8-5-9(7-11-8)16(13,14)12-1-3-15-4-2-12/h5,7,11H,1-4,6H2. The summed E-state index contributed by atoms with van der Waals surface area (Å²) in [7, 11) is -3.32. The second-order valence-electron chi connectivity index (χ2n) is 3.51. The van der Waals surface area contributed by atoms with E-state index in [-0.39, 0.29) is 0 Å². The third-order valence-corrected chi connectivity index (χ3v) is 5.57. The minimum absolute atomic E-state index is 0.297. The Hall–Kier alpha value is -0.170. The van der Waals surface area contributed by atoms with Crippen molar-refractivity contribution in [1.82, 2.24) is 9.29 Å². The molecule has 0 saturated carbocycles. The Balaban J connectivity index is 2.23. The molecule has 1 saturated heterocycles. The number of hydrogen-bond donors (Lipinski definition) is 1. The highest BCUT2D eigenvalue weighted by molar-refractivity contribution is 7.99. The number of thioether (sulfide) groups is 1. The van der Waals surface area contributed by atoms with Crippen molar-refractivity contribution in [3.63, 3.8) is 0 Å². The van der Waals surface area contributed by atoms with Gasteiger partial charge in [0.25, 0.3) is 0 Å². The molecule has 0 amide bonds. The highest BCUT2D eigenvalue weighted by atomic mass is 35.5. The minimum Gasteiger partial charge on any atom is -0.363 e. The molecule has 0 spiro atoms. The molecule has 1 aliphatic rings. The first-order valence-corrected chi connectivity index (χ1v) is 8.08.